The van der Waals surface area contributed by atoms with Crippen LogP contribution >= 0.6 is 0 Å². The molecule has 2 aromatic heterocycles. The number of nitrogens with zero attached hydrogens (tertiary/aromatic N) is 1. The Balaban J connectivity index is 2.02. The molecule has 4 nitrogen and oxygen atoms in total. The molecule has 20 heavy (non-hydrogen) atoms. The van der Waals surface area contributed by atoms with Gasteiger partial charge in [-0.15, -0.1) is 0 Å². The highest BCUT2D eigenvalue weighted by Crippen LogP contribution is 2.36. The first kappa shape index (κ1) is 13.6. The van der Waals surface area contributed by atoms with Gasteiger partial charge in [0.15, 0.2) is 0 Å². The van der Waals surface area contributed by atoms with Crippen molar-refractivity contribution in [1.29, 1.82) is 0 Å². The summed E-state index contributed by atoms with van der Waals surface area (Å²) in [5.74, 6) is 0. The van der Waals surface area contributed by atoms with E-state index in [2.05, 4.69) is 57.6 Å². The van der Waals surface area contributed by atoms with Gasteiger partial charge in [-0.1, -0.05) is 0 Å². The van der Waals surface area contributed by atoms with Gasteiger partial charge in [0.2, 0.25) is 0 Å². The molecule has 1 N–H and O–H groups in total. The van der Waals surface area contributed by atoms with E-state index in [4.69, 9.17) is 9.31 Å². The summed E-state index contributed by atoms with van der Waals surface area (Å²) in [6.45, 7) is 12.4. The molecule has 0 aromatic carbocycles. The van der Waals surface area contributed by atoms with Crippen LogP contribution < -0.4 is 5.46 Å². The van der Waals surface area contributed by atoms with Crippen molar-refractivity contribution < 1.29 is 9.31 Å². The minimum atomic E-state index is -0.355. The summed E-state index contributed by atoms with van der Waals surface area (Å²) in [7, 11) is -0.355. The van der Waals surface area contributed by atoms with Crippen LogP contribution in [0.2, 0.25) is 0 Å². The number of aromatic amines is 1. The number of hydrogen-bond acceptors (Lipinski definition) is 3. The number of aryl methyl sites for hydroxylation is 2. The predicted molar refractivity (Wildman–Crippen MR) is 81.3 cm³/mol. The monoisotopic (exact) mass is 272 g/mol. The third kappa shape index (κ3) is 1.88. The Bertz CT molecular complexity index is 660. The lowest BCUT2D eigenvalue weighted by Gasteiger charge is -2.32. The topological polar surface area (TPSA) is 47.1 Å². The normalized spacial score (nSPS) is 20.8. The molecule has 3 rings (SSSR count). The molecule has 0 amide bonds. The number of nitrogens with one attached hydrogen (secondary N) is 1. The highest BCUT2D eigenvalue weighted by molar-refractivity contribution is 6.62. The van der Waals surface area contributed by atoms with Gasteiger partial charge in [-0.05, 0) is 53.2 Å². The molecule has 3 heterocycles. The molecule has 0 spiro atoms. The van der Waals surface area contributed by atoms with Gasteiger partial charge in [-0.25, -0.2) is 4.98 Å². The molecule has 106 valence electrons. The summed E-state index contributed by atoms with van der Waals surface area (Å²) in [5, 5.41) is 1.13. The highest BCUT2D eigenvalue weighted by atomic mass is 16.7. The smallest absolute Gasteiger partial charge is 0.399 e. The van der Waals surface area contributed by atoms with Crippen molar-refractivity contribution in [3.05, 3.63) is 23.5 Å². The first-order valence-electron chi connectivity index (χ1n) is 7.02. The van der Waals surface area contributed by atoms with Crippen LogP contribution in [-0.4, -0.2) is 28.3 Å². The zero-order valence-corrected chi connectivity index (χ0v) is 13.0. The van der Waals surface area contributed by atoms with E-state index < -0.39 is 0 Å². The number of hydrogen-bond donors (Lipinski definition) is 1. The molecule has 1 saturated heterocycles. The standard InChI is InChI=1S/C15H21BN2O2/c1-9-10(2)18-13-12(9)7-11(8-17-13)16-19-14(3,4)15(5,6)20-16/h7-8H,1-6H3,(H,17,18). The minimum Gasteiger partial charge on any atom is -0.399 e. The third-order valence-corrected chi connectivity index (χ3v) is 4.71. The SMILES string of the molecule is Cc1[nH]c2ncc(B3OC(C)(C)C(C)(C)O3)cc2c1C. The van der Waals surface area contributed by atoms with E-state index in [1.807, 2.05) is 6.20 Å². The molecule has 0 radical (unpaired) electrons. The van der Waals surface area contributed by atoms with Gasteiger partial charge >= 0.3 is 7.12 Å². The zero-order chi connectivity index (χ0) is 14.7. The number of H-pyrrole nitrogens is 1. The van der Waals surface area contributed by atoms with Crippen LogP contribution in [0, 0.1) is 13.8 Å². The van der Waals surface area contributed by atoms with Gasteiger partial charge in [-0.3, -0.25) is 0 Å². The van der Waals surface area contributed by atoms with E-state index in [1.54, 1.807) is 0 Å². The first-order valence-corrected chi connectivity index (χ1v) is 7.02. The summed E-state index contributed by atoms with van der Waals surface area (Å²) < 4.78 is 12.1. The second-order valence-corrected chi connectivity index (χ2v) is 6.63. The van der Waals surface area contributed by atoms with Crippen LogP contribution in [0.3, 0.4) is 0 Å². The van der Waals surface area contributed by atoms with Crippen LogP contribution in [0.1, 0.15) is 39.0 Å². The summed E-state index contributed by atoms with van der Waals surface area (Å²) in [4.78, 5) is 7.77. The van der Waals surface area contributed by atoms with Gasteiger partial charge < -0.3 is 14.3 Å². The quantitative estimate of drug-likeness (QED) is 0.811. The number of fused-ring (bicyclic) bond motifs is 1. The van der Waals surface area contributed by atoms with E-state index in [0.29, 0.717) is 0 Å². The van der Waals surface area contributed by atoms with E-state index in [9.17, 15) is 0 Å². The maximum Gasteiger partial charge on any atom is 0.496 e. The molecule has 0 aliphatic carbocycles. The molecule has 5 heteroatoms. The fraction of sp³-hybridized carbons (Fsp3) is 0.533. The maximum atomic E-state index is 6.07. The van der Waals surface area contributed by atoms with Crippen LogP contribution in [0.5, 0.6) is 0 Å². The summed E-state index contributed by atoms with van der Waals surface area (Å²) in [5.41, 5.74) is 3.62. The lowest BCUT2D eigenvalue weighted by atomic mass is 9.80. The zero-order valence-electron chi connectivity index (χ0n) is 13.0. The predicted octanol–water partition coefficient (Wildman–Crippen LogP) is 2.48. The number of aromatic nitrogens is 2. The Morgan fingerprint density at radius 1 is 1.10 bits per heavy atom. The van der Waals surface area contributed by atoms with Crippen molar-refractivity contribution in [3.63, 3.8) is 0 Å². The van der Waals surface area contributed by atoms with Crippen molar-refractivity contribution in [2.45, 2.75) is 52.7 Å². The van der Waals surface area contributed by atoms with Crippen molar-refractivity contribution in [1.82, 2.24) is 9.97 Å². The Labute approximate surface area is 120 Å². The van der Waals surface area contributed by atoms with E-state index in [1.165, 1.54) is 5.56 Å². The van der Waals surface area contributed by atoms with E-state index in [-0.39, 0.29) is 18.3 Å². The number of pyridine rings is 1. The maximum absolute atomic E-state index is 6.07. The van der Waals surface area contributed by atoms with Gasteiger partial charge in [0.1, 0.15) is 5.65 Å². The lowest BCUT2D eigenvalue weighted by Crippen LogP contribution is -2.41. The summed E-state index contributed by atoms with van der Waals surface area (Å²) in [6, 6.07) is 2.11. The van der Waals surface area contributed by atoms with E-state index >= 15 is 0 Å². The van der Waals surface area contributed by atoms with E-state index in [0.717, 1.165) is 22.2 Å². The summed E-state index contributed by atoms with van der Waals surface area (Å²) >= 11 is 0. The third-order valence-electron chi connectivity index (χ3n) is 4.71. The van der Waals surface area contributed by atoms with Crippen LogP contribution in [0.4, 0.5) is 0 Å². The lowest BCUT2D eigenvalue weighted by molar-refractivity contribution is 0.00578. The molecule has 1 aliphatic heterocycles. The van der Waals surface area contributed by atoms with Crippen LogP contribution in [0.25, 0.3) is 11.0 Å². The van der Waals surface area contributed by atoms with Crippen molar-refractivity contribution in [2.75, 3.05) is 0 Å². The molecule has 0 atom stereocenters. The second-order valence-electron chi connectivity index (χ2n) is 6.63. The van der Waals surface area contributed by atoms with Gasteiger partial charge in [0.05, 0.1) is 11.2 Å². The Hall–Kier alpha value is -1.33. The first-order chi connectivity index (χ1) is 9.21. The molecule has 0 unspecified atom stereocenters. The van der Waals surface area contributed by atoms with Crippen LogP contribution in [-0.2, 0) is 9.31 Å². The molecular weight excluding hydrogens is 251 g/mol. The van der Waals surface area contributed by atoms with Crippen molar-refractivity contribution in [3.8, 4) is 0 Å². The molecule has 0 saturated carbocycles. The van der Waals surface area contributed by atoms with Gasteiger partial charge in [-0.2, -0.15) is 0 Å². The van der Waals surface area contributed by atoms with Gasteiger partial charge in [0.25, 0.3) is 0 Å². The molecule has 1 aliphatic rings. The fourth-order valence-electron chi connectivity index (χ4n) is 2.45. The van der Waals surface area contributed by atoms with Crippen molar-refractivity contribution >= 4 is 23.6 Å². The highest BCUT2D eigenvalue weighted by Gasteiger charge is 2.51. The Kier molecular flexibility index (Phi) is 2.79. The summed E-state index contributed by atoms with van der Waals surface area (Å²) in [6.07, 6.45) is 1.83. The minimum absolute atomic E-state index is 0.324. The van der Waals surface area contributed by atoms with Crippen molar-refractivity contribution in [2.24, 2.45) is 0 Å². The number of rotatable bonds is 1. The largest absolute Gasteiger partial charge is 0.496 e. The molecule has 0 bridgehead atoms. The second kappa shape index (κ2) is 4.09. The van der Waals surface area contributed by atoms with Gasteiger partial charge in [0, 0.05) is 22.7 Å². The Morgan fingerprint density at radius 3 is 2.30 bits per heavy atom. The molecular formula is C15H21BN2O2. The molecule has 1 fully saturated rings. The molecule has 2 aromatic rings. The average molecular weight is 272 g/mol. The Morgan fingerprint density at radius 2 is 1.70 bits per heavy atom. The average Bonchev–Trinajstić information content (AvgIpc) is 2.74. The van der Waals surface area contributed by atoms with Crippen LogP contribution in [0.15, 0.2) is 12.3 Å². The fourth-order valence-corrected chi connectivity index (χ4v) is 2.45.